The molecular weight excluding hydrogens is 302 g/mol. The summed E-state index contributed by atoms with van der Waals surface area (Å²) in [6.07, 6.45) is 7.51. The minimum Gasteiger partial charge on any atom is -0.458 e. The van der Waals surface area contributed by atoms with Crippen LogP contribution in [0.4, 0.5) is 0 Å². The Kier molecular flexibility index (Phi) is 5.07. The van der Waals surface area contributed by atoms with Crippen molar-refractivity contribution in [2.24, 2.45) is 0 Å². The highest BCUT2D eigenvalue weighted by Crippen LogP contribution is 2.19. The highest BCUT2D eigenvalue weighted by Gasteiger charge is 2.17. The zero-order valence-corrected chi connectivity index (χ0v) is 12.8. The molecule has 2 aromatic rings. The van der Waals surface area contributed by atoms with Crippen molar-refractivity contribution in [3.05, 3.63) is 46.6 Å². The molecule has 0 amide bonds. The van der Waals surface area contributed by atoms with Crippen LogP contribution in [0.1, 0.15) is 24.8 Å². The van der Waals surface area contributed by atoms with Crippen LogP contribution in [-0.4, -0.2) is 27.8 Å². The second-order valence-electron chi connectivity index (χ2n) is 4.94. The van der Waals surface area contributed by atoms with E-state index in [0.29, 0.717) is 11.8 Å². The van der Waals surface area contributed by atoms with Gasteiger partial charge in [-0.05, 0) is 30.5 Å². The van der Waals surface area contributed by atoms with Gasteiger partial charge in [0.25, 0.3) is 5.56 Å². The zero-order valence-electron chi connectivity index (χ0n) is 12.0. The van der Waals surface area contributed by atoms with E-state index in [1.807, 2.05) is 12.1 Å². The average Bonchev–Trinajstić information content (AvgIpc) is 2.57. The maximum atomic E-state index is 12.0. The monoisotopic (exact) mass is 319 g/mol. The molecule has 116 valence electrons. The molecule has 1 saturated heterocycles. The van der Waals surface area contributed by atoms with Gasteiger partial charge in [-0.3, -0.25) is 14.8 Å². The molecule has 0 saturated carbocycles. The van der Waals surface area contributed by atoms with Crippen molar-refractivity contribution in [2.75, 3.05) is 6.61 Å². The molecule has 0 aromatic carbocycles. The molecule has 22 heavy (non-hydrogen) atoms. The topological polar surface area (TPSA) is 77.1 Å². The van der Waals surface area contributed by atoms with E-state index < -0.39 is 0 Å². The smallest absolute Gasteiger partial charge is 0.294 e. The molecule has 0 aliphatic carbocycles. The van der Waals surface area contributed by atoms with Gasteiger partial charge in [0, 0.05) is 24.6 Å². The van der Waals surface area contributed by atoms with Gasteiger partial charge in [0.2, 0.25) is 5.75 Å². The number of hydrogen-bond donors (Lipinski definition) is 1. The van der Waals surface area contributed by atoms with Crippen LogP contribution in [-0.2, 0) is 10.5 Å². The normalized spacial score (nSPS) is 18.1. The van der Waals surface area contributed by atoms with Crippen molar-refractivity contribution in [1.82, 2.24) is 15.0 Å². The molecule has 0 radical (unpaired) electrons. The van der Waals surface area contributed by atoms with Crippen molar-refractivity contribution in [3.63, 3.8) is 0 Å². The molecule has 2 aromatic heterocycles. The van der Waals surface area contributed by atoms with E-state index in [-0.39, 0.29) is 17.6 Å². The lowest BCUT2D eigenvalue weighted by Gasteiger charge is -2.22. The molecular formula is C15H17N3O3S. The van der Waals surface area contributed by atoms with E-state index in [0.717, 1.165) is 30.6 Å². The highest BCUT2D eigenvalue weighted by atomic mass is 32.2. The highest BCUT2D eigenvalue weighted by molar-refractivity contribution is 7.98. The molecule has 1 fully saturated rings. The number of H-pyrrole nitrogens is 1. The van der Waals surface area contributed by atoms with Gasteiger partial charge < -0.3 is 9.47 Å². The molecule has 0 spiro atoms. The number of ether oxygens (including phenoxy) is 2. The van der Waals surface area contributed by atoms with Gasteiger partial charge in [0.15, 0.2) is 11.4 Å². The minimum atomic E-state index is -0.341. The summed E-state index contributed by atoms with van der Waals surface area (Å²) in [5.74, 6) is 0.928. The van der Waals surface area contributed by atoms with Crippen molar-refractivity contribution in [1.29, 1.82) is 0 Å². The molecule has 0 bridgehead atoms. The van der Waals surface area contributed by atoms with Gasteiger partial charge in [0.1, 0.15) is 0 Å². The molecule has 1 unspecified atom stereocenters. The number of thioether (sulfide) groups is 1. The number of hydrogen-bond acceptors (Lipinski definition) is 6. The maximum absolute atomic E-state index is 12.0. The minimum absolute atomic E-state index is 0.208. The Morgan fingerprint density at radius 2 is 2.23 bits per heavy atom. The summed E-state index contributed by atoms with van der Waals surface area (Å²) >= 11 is 1.46. The van der Waals surface area contributed by atoms with Crippen molar-refractivity contribution in [2.45, 2.75) is 36.5 Å². The first-order valence-electron chi connectivity index (χ1n) is 7.20. The van der Waals surface area contributed by atoms with Crippen LogP contribution < -0.4 is 10.3 Å². The summed E-state index contributed by atoms with van der Waals surface area (Å²) < 4.78 is 11.0. The van der Waals surface area contributed by atoms with Crippen LogP contribution in [0, 0.1) is 0 Å². The van der Waals surface area contributed by atoms with E-state index in [4.69, 9.17) is 9.47 Å². The first-order chi connectivity index (χ1) is 10.8. The molecule has 1 atom stereocenters. The van der Waals surface area contributed by atoms with Crippen LogP contribution in [0.3, 0.4) is 0 Å². The summed E-state index contributed by atoms with van der Waals surface area (Å²) in [4.78, 5) is 23.0. The second-order valence-corrected chi connectivity index (χ2v) is 5.90. The van der Waals surface area contributed by atoms with Crippen molar-refractivity contribution in [3.8, 4) is 5.75 Å². The van der Waals surface area contributed by atoms with Gasteiger partial charge in [-0.1, -0.05) is 11.8 Å². The van der Waals surface area contributed by atoms with Crippen LogP contribution in [0.15, 0.2) is 40.7 Å². The van der Waals surface area contributed by atoms with Gasteiger partial charge in [-0.2, -0.15) is 0 Å². The standard InChI is InChI=1S/C15H17N3O3S/c19-14-12(21-13-3-1-2-8-20-13)9-17-15(18-14)22-10-11-4-6-16-7-5-11/h4-7,9,13H,1-3,8,10H2,(H,17,18,19). The first kappa shape index (κ1) is 15.1. The fraction of sp³-hybridized carbons (Fsp3) is 0.400. The summed E-state index contributed by atoms with van der Waals surface area (Å²) in [6.45, 7) is 0.676. The lowest BCUT2D eigenvalue weighted by molar-refractivity contribution is -0.106. The van der Waals surface area contributed by atoms with Gasteiger partial charge in [-0.15, -0.1) is 0 Å². The van der Waals surface area contributed by atoms with Crippen LogP contribution in [0.25, 0.3) is 0 Å². The van der Waals surface area contributed by atoms with Crippen LogP contribution in [0.2, 0.25) is 0 Å². The quantitative estimate of drug-likeness (QED) is 0.673. The third kappa shape index (κ3) is 4.08. The third-order valence-electron chi connectivity index (χ3n) is 3.26. The molecule has 3 heterocycles. The maximum Gasteiger partial charge on any atom is 0.294 e. The summed E-state index contributed by atoms with van der Waals surface area (Å²) in [6, 6.07) is 3.87. The fourth-order valence-corrected chi connectivity index (χ4v) is 2.89. The van der Waals surface area contributed by atoms with Crippen molar-refractivity contribution >= 4 is 11.8 Å². The van der Waals surface area contributed by atoms with E-state index in [2.05, 4.69) is 15.0 Å². The molecule has 1 N–H and O–H groups in total. The number of rotatable bonds is 5. The molecule has 7 heteroatoms. The van der Waals surface area contributed by atoms with E-state index in [1.54, 1.807) is 12.4 Å². The number of aromatic amines is 1. The van der Waals surface area contributed by atoms with Crippen LogP contribution in [0.5, 0.6) is 5.75 Å². The van der Waals surface area contributed by atoms with E-state index in [9.17, 15) is 4.79 Å². The summed E-state index contributed by atoms with van der Waals surface area (Å²) in [5, 5.41) is 0.568. The Morgan fingerprint density at radius 1 is 1.36 bits per heavy atom. The molecule has 3 rings (SSSR count). The molecule has 6 nitrogen and oxygen atoms in total. The third-order valence-corrected chi connectivity index (χ3v) is 4.22. The summed E-state index contributed by atoms with van der Waals surface area (Å²) in [7, 11) is 0. The van der Waals surface area contributed by atoms with Crippen LogP contribution >= 0.6 is 11.8 Å². The lowest BCUT2D eigenvalue weighted by Crippen LogP contribution is -2.27. The first-order valence-corrected chi connectivity index (χ1v) is 8.19. The van der Waals surface area contributed by atoms with Gasteiger partial charge >= 0.3 is 0 Å². The summed E-state index contributed by atoms with van der Waals surface area (Å²) in [5.41, 5.74) is 0.847. The zero-order chi connectivity index (χ0) is 15.2. The largest absolute Gasteiger partial charge is 0.458 e. The van der Waals surface area contributed by atoms with E-state index >= 15 is 0 Å². The average molecular weight is 319 g/mol. The fourth-order valence-electron chi connectivity index (χ4n) is 2.10. The Hall–Kier alpha value is -1.86. The van der Waals surface area contributed by atoms with E-state index in [1.165, 1.54) is 18.0 Å². The van der Waals surface area contributed by atoms with Crippen molar-refractivity contribution < 1.29 is 9.47 Å². The Morgan fingerprint density at radius 3 is 2.95 bits per heavy atom. The SMILES string of the molecule is O=c1[nH]c(SCc2ccncc2)ncc1OC1CCCCO1. The van der Waals surface area contributed by atoms with Gasteiger partial charge in [-0.25, -0.2) is 4.98 Å². The molecule has 1 aliphatic rings. The Bertz CT molecular complexity index is 657. The van der Waals surface area contributed by atoms with Gasteiger partial charge in [0.05, 0.1) is 12.8 Å². The Labute approximate surface area is 132 Å². The Balaban J connectivity index is 1.60. The molecule has 1 aliphatic heterocycles. The number of pyridine rings is 1. The number of nitrogens with zero attached hydrogens (tertiary/aromatic N) is 2. The second kappa shape index (κ2) is 7.42. The predicted molar refractivity (Wildman–Crippen MR) is 82.9 cm³/mol. The predicted octanol–water partition coefficient (Wildman–Crippen LogP) is 2.36. The number of nitrogens with one attached hydrogen (secondary N) is 1. The number of aromatic nitrogens is 3. The lowest BCUT2D eigenvalue weighted by atomic mass is 10.2.